The predicted octanol–water partition coefficient (Wildman–Crippen LogP) is 2.34. The molecule has 0 spiro atoms. The van der Waals surface area contributed by atoms with Gasteiger partial charge in [0.2, 0.25) is 0 Å². The fourth-order valence-electron chi connectivity index (χ4n) is 4.15. The van der Waals surface area contributed by atoms with Gasteiger partial charge in [-0.3, -0.25) is 0 Å². The van der Waals surface area contributed by atoms with Gasteiger partial charge in [-0.15, -0.1) is 0 Å². The van der Waals surface area contributed by atoms with Gasteiger partial charge in [-0.25, -0.2) is 14.5 Å². The molecule has 0 bridgehead atoms. The highest BCUT2D eigenvalue weighted by Crippen LogP contribution is 2.38. The second kappa shape index (κ2) is 7.29. The number of carbonyl (C=O) groups excluding carboxylic acids is 1. The van der Waals surface area contributed by atoms with E-state index in [1.807, 2.05) is 0 Å². The summed E-state index contributed by atoms with van der Waals surface area (Å²) in [6, 6.07) is 3.15. The molecule has 0 saturated heterocycles. The maximum absolute atomic E-state index is 12.7. The summed E-state index contributed by atoms with van der Waals surface area (Å²) in [5.74, 6) is 0.456. The van der Waals surface area contributed by atoms with Crippen molar-refractivity contribution in [3.8, 4) is 0 Å². The Bertz CT molecular complexity index is 1060. The van der Waals surface area contributed by atoms with Gasteiger partial charge in [0.15, 0.2) is 0 Å². The maximum atomic E-state index is 12.7. The van der Waals surface area contributed by atoms with Crippen molar-refractivity contribution in [2.75, 3.05) is 24.3 Å². The molecular formula is C20H25N5O3S. The van der Waals surface area contributed by atoms with Crippen molar-refractivity contribution in [1.29, 1.82) is 0 Å². The second-order valence-electron chi connectivity index (χ2n) is 7.84. The Morgan fingerprint density at radius 2 is 1.62 bits per heavy atom. The molecule has 0 radical (unpaired) electrons. The molecule has 0 saturated carbocycles. The molecule has 2 N–H and O–H groups in total. The summed E-state index contributed by atoms with van der Waals surface area (Å²) in [5, 5.41) is 2.41. The van der Waals surface area contributed by atoms with Crippen LogP contribution in [0.2, 0.25) is 0 Å². The molecule has 0 unspecified atom stereocenters. The number of hydrogen-bond donors (Lipinski definition) is 2. The van der Waals surface area contributed by atoms with Gasteiger partial charge in [-0.05, 0) is 67.7 Å². The zero-order valence-electron chi connectivity index (χ0n) is 16.9. The Balaban J connectivity index is 1.60. The Morgan fingerprint density at radius 3 is 2.21 bits per heavy atom. The summed E-state index contributed by atoms with van der Waals surface area (Å²) in [6.45, 7) is 1.68. The summed E-state index contributed by atoms with van der Waals surface area (Å²) in [7, 11) is -0.680. The van der Waals surface area contributed by atoms with Crippen molar-refractivity contribution < 1.29 is 13.2 Å². The summed E-state index contributed by atoms with van der Waals surface area (Å²) in [4.78, 5) is 22.4. The Labute approximate surface area is 170 Å². The smallest absolute Gasteiger partial charge is 0.333 e. The number of carbonyl (C=O) groups is 1. The van der Waals surface area contributed by atoms with E-state index in [9.17, 15) is 13.2 Å². The summed E-state index contributed by atoms with van der Waals surface area (Å²) in [6.07, 6.45) is 5.91. The SMILES string of the molecule is Cc1cc(N(C)C)nc(S(=O)(=O)NC(=O)Nc2c3c(cc4c2CCC4)CCC3)n1. The van der Waals surface area contributed by atoms with Crippen molar-refractivity contribution >= 4 is 27.6 Å². The van der Waals surface area contributed by atoms with Crippen molar-refractivity contribution in [1.82, 2.24) is 14.7 Å². The number of sulfonamides is 1. The molecule has 1 heterocycles. The summed E-state index contributed by atoms with van der Waals surface area (Å²) < 4.78 is 27.5. The molecule has 0 aliphatic heterocycles. The van der Waals surface area contributed by atoms with E-state index in [0.29, 0.717) is 11.5 Å². The van der Waals surface area contributed by atoms with Gasteiger partial charge in [0.05, 0.1) is 0 Å². The molecule has 8 nitrogen and oxygen atoms in total. The number of hydrogen-bond acceptors (Lipinski definition) is 6. The van der Waals surface area contributed by atoms with E-state index in [0.717, 1.165) is 55.3 Å². The molecular weight excluding hydrogens is 390 g/mol. The number of nitrogens with zero attached hydrogens (tertiary/aromatic N) is 3. The number of fused-ring (bicyclic) bond motifs is 2. The number of urea groups is 1. The lowest BCUT2D eigenvalue weighted by Gasteiger charge is -2.17. The van der Waals surface area contributed by atoms with Crippen LogP contribution in [0, 0.1) is 6.92 Å². The first-order chi connectivity index (χ1) is 13.7. The number of aryl methyl sites for hydroxylation is 3. The third-order valence-electron chi connectivity index (χ3n) is 5.46. The molecule has 1 aromatic carbocycles. The zero-order valence-corrected chi connectivity index (χ0v) is 17.7. The average molecular weight is 416 g/mol. The van der Waals surface area contributed by atoms with Crippen LogP contribution in [0.4, 0.5) is 16.3 Å². The largest absolute Gasteiger partial charge is 0.363 e. The zero-order chi connectivity index (χ0) is 20.8. The van der Waals surface area contributed by atoms with Crippen LogP contribution >= 0.6 is 0 Å². The molecule has 9 heteroatoms. The summed E-state index contributed by atoms with van der Waals surface area (Å²) in [5.41, 5.74) is 6.10. The standard InChI is InChI=1S/C20H25N5O3S/c1-12-10-17(25(2)3)22-20(21-12)29(27,28)24-19(26)23-18-15-8-4-6-13(15)11-14-7-5-9-16(14)18/h10-11H,4-9H2,1-3H3,(H2,23,24,26). The van der Waals surface area contributed by atoms with Crippen molar-refractivity contribution in [2.45, 2.75) is 50.6 Å². The molecule has 154 valence electrons. The lowest BCUT2D eigenvalue weighted by Crippen LogP contribution is -2.36. The van der Waals surface area contributed by atoms with Gasteiger partial charge in [0.25, 0.3) is 5.16 Å². The van der Waals surface area contributed by atoms with E-state index in [1.165, 1.54) is 11.1 Å². The minimum Gasteiger partial charge on any atom is -0.363 e. The highest BCUT2D eigenvalue weighted by Gasteiger charge is 2.27. The normalized spacial score (nSPS) is 15.0. The Hall–Kier alpha value is -2.68. The monoisotopic (exact) mass is 415 g/mol. The van der Waals surface area contributed by atoms with Crippen LogP contribution in [-0.4, -0.2) is 38.5 Å². The third kappa shape index (κ3) is 3.78. The Kier molecular flexibility index (Phi) is 4.94. The molecule has 2 aromatic rings. The fraction of sp³-hybridized carbons (Fsp3) is 0.450. The molecule has 29 heavy (non-hydrogen) atoms. The number of aromatic nitrogens is 2. The van der Waals surface area contributed by atoms with Crippen molar-refractivity contribution in [3.63, 3.8) is 0 Å². The molecule has 2 amide bonds. The van der Waals surface area contributed by atoms with Crippen molar-refractivity contribution in [2.24, 2.45) is 0 Å². The predicted molar refractivity (Wildman–Crippen MR) is 111 cm³/mol. The molecule has 2 aliphatic carbocycles. The molecule has 1 aromatic heterocycles. The van der Waals surface area contributed by atoms with Crippen LogP contribution < -0.4 is 14.9 Å². The lowest BCUT2D eigenvalue weighted by molar-refractivity contribution is 0.256. The first-order valence-electron chi connectivity index (χ1n) is 9.78. The van der Waals surface area contributed by atoms with E-state index in [-0.39, 0.29) is 0 Å². The highest BCUT2D eigenvalue weighted by molar-refractivity contribution is 7.89. The second-order valence-corrected chi connectivity index (χ2v) is 9.41. The first kappa shape index (κ1) is 19.6. The van der Waals surface area contributed by atoms with Crippen molar-refractivity contribution in [3.05, 3.63) is 40.1 Å². The van der Waals surface area contributed by atoms with Gasteiger partial charge < -0.3 is 10.2 Å². The number of amides is 2. The van der Waals surface area contributed by atoms with Gasteiger partial charge >= 0.3 is 16.1 Å². The highest BCUT2D eigenvalue weighted by atomic mass is 32.2. The van der Waals surface area contributed by atoms with Gasteiger partial charge in [0.1, 0.15) is 5.82 Å². The van der Waals surface area contributed by atoms with Crippen LogP contribution in [0.15, 0.2) is 17.3 Å². The average Bonchev–Trinajstić information content (AvgIpc) is 3.29. The topological polar surface area (TPSA) is 104 Å². The molecule has 2 aliphatic rings. The van der Waals surface area contributed by atoms with Gasteiger partial charge in [-0.2, -0.15) is 13.4 Å². The van der Waals surface area contributed by atoms with E-state index in [4.69, 9.17) is 0 Å². The minimum absolute atomic E-state index is 0.417. The minimum atomic E-state index is -4.20. The van der Waals surface area contributed by atoms with Gasteiger partial charge in [-0.1, -0.05) is 6.07 Å². The van der Waals surface area contributed by atoms with Crippen LogP contribution in [-0.2, 0) is 35.7 Å². The van der Waals surface area contributed by atoms with Crippen LogP contribution in [0.3, 0.4) is 0 Å². The van der Waals surface area contributed by atoms with Crippen LogP contribution in [0.5, 0.6) is 0 Å². The number of benzene rings is 1. The first-order valence-corrected chi connectivity index (χ1v) is 11.3. The van der Waals surface area contributed by atoms with Crippen LogP contribution in [0.1, 0.15) is 40.8 Å². The van der Waals surface area contributed by atoms with Crippen LogP contribution in [0.25, 0.3) is 0 Å². The molecule has 0 atom stereocenters. The van der Waals surface area contributed by atoms with Gasteiger partial charge in [0, 0.05) is 31.5 Å². The lowest BCUT2D eigenvalue weighted by atomic mass is 9.99. The van der Waals surface area contributed by atoms with E-state index < -0.39 is 21.2 Å². The number of anilines is 2. The summed E-state index contributed by atoms with van der Waals surface area (Å²) >= 11 is 0. The molecule has 0 fully saturated rings. The van der Waals surface area contributed by atoms with E-state index in [1.54, 1.807) is 32.0 Å². The fourth-order valence-corrected chi connectivity index (χ4v) is 5.01. The Morgan fingerprint density at radius 1 is 1.00 bits per heavy atom. The number of rotatable bonds is 4. The van der Waals surface area contributed by atoms with E-state index >= 15 is 0 Å². The third-order valence-corrected chi connectivity index (χ3v) is 6.57. The molecule has 4 rings (SSSR count). The quantitative estimate of drug-likeness (QED) is 0.743. The number of nitrogens with one attached hydrogen (secondary N) is 2. The van der Waals surface area contributed by atoms with E-state index in [2.05, 4.69) is 26.1 Å². The maximum Gasteiger partial charge on any atom is 0.333 e.